The van der Waals surface area contributed by atoms with Gasteiger partial charge in [-0.25, -0.2) is 0 Å². The van der Waals surface area contributed by atoms with Gasteiger partial charge in [0.25, 0.3) is 0 Å². The maximum atomic E-state index is 3.57. The van der Waals surface area contributed by atoms with Crippen molar-refractivity contribution in [1.82, 2.24) is 5.32 Å². The fourth-order valence-electron chi connectivity index (χ4n) is 2.05. The molecule has 0 bridgehead atoms. The van der Waals surface area contributed by atoms with E-state index < -0.39 is 0 Å². The van der Waals surface area contributed by atoms with Gasteiger partial charge in [0.15, 0.2) is 0 Å². The molecule has 1 nitrogen and oxygen atoms in total. The molecule has 19 heavy (non-hydrogen) atoms. The molecule has 0 heterocycles. The van der Waals surface area contributed by atoms with E-state index in [2.05, 4.69) is 84.5 Å². The highest BCUT2D eigenvalue weighted by molar-refractivity contribution is 9.10. The molecule has 0 saturated carbocycles. The van der Waals surface area contributed by atoms with Crippen LogP contribution < -0.4 is 5.32 Å². The Bertz CT molecular complexity index is 546. The topological polar surface area (TPSA) is 12.0 Å². The van der Waals surface area contributed by atoms with E-state index >= 15 is 0 Å². The van der Waals surface area contributed by atoms with E-state index in [4.69, 9.17) is 0 Å². The molecular weight excluding hydrogens is 298 g/mol. The van der Waals surface area contributed by atoms with Crippen LogP contribution in [0.1, 0.15) is 35.2 Å². The van der Waals surface area contributed by atoms with Crippen LogP contribution in [0.5, 0.6) is 0 Å². The summed E-state index contributed by atoms with van der Waals surface area (Å²) in [4.78, 5) is 0. The van der Waals surface area contributed by atoms with E-state index in [0.29, 0.717) is 6.04 Å². The normalized spacial score (nSPS) is 12.4. The Morgan fingerprint density at radius 2 is 1.68 bits per heavy atom. The Kier molecular flexibility index (Phi) is 4.78. The average molecular weight is 318 g/mol. The van der Waals surface area contributed by atoms with Crippen molar-refractivity contribution in [1.29, 1.82) is 0 Å². The minimum atomic E-state index is 0.356. The van der Waals surface area contributed by atoms with Crippen molar-refractivity contribution in [3.05, 3.63) is 69.2 Å². The number of hydrogen-bond donors (Lipinski definition) is 1. The second-order valence-electron chi connectivity index (χ2n) is 5.07. The third kappa shape index (κ3) is 3.92. The van der Waals surface area contributed by atoms with Gasteiger partial charge in [-0.1, -0.05) is 46.3 Å². The van der Waals surface area contributed by atoms with Gasteiger partial charge in [0.2, 0.25) is 0 Å². The van der Waals surface area contributed by atoms with Gasteiger partial charge in [0.05, 0.1) is 0 Å². The molecule has 0 unspecified atom stereocenters. The summed E-state index contributed by atoms with van der Waals surface area (Å²) in [6.45, 7) is 7.41. The summed E-state index contributed by atoms with van der Waals surface area (Å²) in [5.74, 6) is 0. The van der Waals surface area contributed by atoms with E-state index in [1.807, 2.05) is 0 Å². The summed E-state index contributed by atoms with van der Waals surface area (Å²) in [5, 5.41) is 3.57. The van der Waals surface area contributed by atoms with Gasteiger partial charge in [-0.3, -0.25) is 0 Å². The van der Waals surface area contributed by atoms with Crippen LogP contribution >= 0.6 is 15.9 Å². The third-order valence-electron chi connectivity index (χ3n) is 3.55. The summed E-state index contributed by atoms with van der Waals surface area (Å²) >= 11 is 3.46. The molecule has 1 atom stereocenters. The SMILES string of the molecule is Cc1ccc(CN[C@H](C)c2ccc(Br)cc2)cc1C. The second-order valence-corrected chi connectivity index (χ2v) is 5.99. The highest BCUT2D eigenvalue weighted by atomic mass is 79.9. The predicted octanol–water partition coefficient (Wildman–Crippen LogP) is 4.92. The Hall–Kier alpha value is -1.12. The van der Waals surface area contributed by atoms with Crippen molar-refractivity contribution < 1.29 is 0 Å². The average Bonchev–Trinajstić information content (AvgIpc) is 2.40. The Morgan fingerprint density at radius 3 is 2.32 bits per heavy atom. The lowest BCUT2D eigenvalue weighted by Gasteiger charge is -2.15. The number of halogens is 1. The van der Waals surface area contributed by atoms with Crippen LogP contribution in [0.3, 0.4) is 0 Å². The van der Waals surface area contributed by atoms with Crippen LogP contribution in [0.25, 0.3) is 0 Å². The molecule has 0 aliphatic carbocycles. The first-order valence-corrected chi connectivity index (χ1v) is 7.40. The predicted molar refractivity (Wildman–Crippen MR) is 85.3 cm³/mol. The van der Waals surface area contributed by atoms with Gasteiger partial charge in [-0.15, -0.1) is 0 Å². The van der Waals surface area contributed by atoms with Gasteiger partial charge >= 0.3 is 0 Å². The van der Waals surface area contributed by atoms with Crippen LogP contribution in [0.2, 0.25) is 0 Å². The smallest absolute Gasteiger partial charge is 0.0294 e. The van der Waals surface area contributed by atoms with Crippen molar-refractivity contribution in [2.45, 2.75) is 33.4 Å². The minimum absolute atomic E-state index is 0.356. The first kappa shape index (κ1) is 14.3. The molecule has 0 spiro atoms. The molecule has 0 aliphatic rings. The van der Waals surface area contributed by atoms with E-state index in [9.17, 15) is 0 Å². The van der Waals surface area contributed by atoms with E-state index in [-0.39, 0.29) is 0 Å². The molecule has 0 fully saturated rings. The molecule has 0 saturated heterocycles. The molecule has 0 amide bonds. The molecule has 0 radical (unpaired) electrons. The number of hydrogen-bond acceptors (Lipinski definition) is 1. The standard InChI is InChI=1S/C17H20BrN/c1-12-4-5-15(10-13(12)2)11-19-14(3)16-6-8-17(18)9-7-16/h4-10,14,19H,11H2,1-3H3/t14-/m1/s1. The molecule has 2 aromatic carbocycles. The van der Waals surface area contributed by atoms with E-state index in [1.165, 1.54) is 22.3 Å². The molecule has 1 N–H and O–H groups in total. The lowest BCUT2D eigenvalue weighted by Crippen LogP contribution is -2.18. The van der Waals surface area contributed by atoms with Gasteiger partial charge in [-0.05, 0) is 55.2 Å². The molecule has 2 heteroatoms. The Balaban J connectivity index is 1.98. The van der Waals surface area contributed by atoms with Gasteiger partial charge in [0.1, 0.15) is 0 Å². The Morgan fingerprint density at radius 1 is 1.00 bits per heavy atom. The molecular formula is C17H20BrN. The summed E-state index contributed by atoms with van der Waals surface area (Å²) in [6.07, 6.45) is 0. The molecule has 0 aliphatic heterocycles. The maximum absolute atomic E-state index is 3.57. The van der Waals surface area contributed by atoms with Crippen LogP contribution in [0.15, 0.2) is 46.9 Å². The van der Waals surface area contributed by atoms with Gasteiger partial charge in [-0.2, -0.15) is 0 Å². The zero-order valence-electron chi connectivity index (χ0n) is 11.7. The van der Waals surface area contributed by atoms with E-state index in [1.54, 1.807) is 0 Å². The largest absolute Gasteiger partial charge is 0.306 e. The molecule has 100 valence electrons. The van der Waals surface area contributed by atoms with Crippen LogP contribution in [-0.4, -0.2) is 0 Å². The van der Waals surface area contributed by atoms with Crippen molar-refractivity contribution in [2.75, 3.05) is 0 Å². The number of aryl methyl sites for hydroxylation is 2. The first-order valence-electron chi connectivity index (χ1n) is 6.61. The summed E-state index contributed by atoms with van der Waals surface area (Å²) in [5.41, 5.74) is 5.36. The molecule has 0 aromatic heterocycles. The van der Waals surface area contributed by atoms with E-state index in [0.717, 1.165) is 11.0 Å². The lowest BCUT2D eigenvalue weighted by molar-refractivity contribution is 0.574. The van der Waals surface area contributed by atoms with Crippen molar-refractivity contribution in [3.63, 3.8) is 0 Å². The summed E-state index contributed by atoms with van der Waals surface area (Å²) < 4.78 is 1.12. The summed E-state index contributed by atoms with van der Waals surface area (Å²) in [6, 6.07) is 15.5. The third-order valence-corrected chi connectivity index (χ3v) is 4.08. The fraction of sp³-hybridized carbons (Fsp3) is 0.294. The minimum Gasteiger partial charge on any atom is -0.306 e. The van der Waals surface area contributed by atoms with Gasteiger partial charge in [0, 0.05) is 17.1 Å². The van der Waals surface area contributed by atoms with Gasteiger partial charge < -0.3 is 5.32 Å². The van der Waals surface area contributed by atoms with Crippen LogP contribution in [0.4, 0.5) is 0 Å². The molecule has 2 rings (SSSR count). The van der Waals surface area contributed by atoms with Crippen molar-refractivity contribution >= 4 is 15.9 Å². The number of rotatable bonds is 4. The second kappa shape index (κ2) is 6.36. The van der Waals surface area contributed by atoms with Crippen molar-refractivity contribution in [2.24, 2.45) is 0 Å². The number of benzene rings is 2. The maximum Gasteiger partial charge on any atom is 0.0294 e. The van der Waals surface area contributed by atoms with Crippen LogP contribution in [-0.2, 0) is 6.54 Å². The van der Waals surface area contributed by atoms with Crippen molar-refractivity contribution in [3.8, 4) is 0 Å². The lowest BCUT2D eigenvalue weighted by atomic mass is 10.1. The molecule has 2 aromatic rings. The number of nitrogens with one attached hydrogen (secondary N) is 1. The quantitative estimate of drug-likeness (QED) is 0.844. The first-order chi connectivity index (χ1) is 9.06. The fourth-order valence-corrected chi connectivity index (χ4v) is 2.32. The zero-order chi connectivity index (χ0) is 13.8. The van der Waals surface area contributed by atoms with Crippen LogP contribution in [0, 0.1) is 13.8 Å². The Labute approximate surface area is 124 Å². The summed E-state index contributed by atoms with van der Waals surface area (Å²) in [7, 11) is 0. The highest BCUT2D eigenvalue weighted by Crippen LogP contribution is 2.17. The zero-order valence-corrected chi connectivity index (χ0v) is 13.3. The highest BCUT2D eigenvalue weighted by Gasteiger charge is 2.05. The monoisotopic (exact) mass is 317 g/mol.